The normalized spacial score (nSPS) is 15.5. The highest BCUT2D eigenvalue weighted by molar-refractivity contribution is 9.10. The third kappa shape index (κ3) is 3.78. The van der Waals surface area contributed by atoms with Crippen LogP contribution < -0.4 is 10.2 Å². The average molecular weight is 493 g/mol. The second-order valence-electron chi connectivity index (χ2n) is 7.72. The number of halogens is 1. The molecule has 7 nitrogen and oxygen atoms in total. The summed E-state index contributed by atoms with van der Waals surface area (Å²) in [7, 11) is 0. The molecule has 1 aliphatic rings. The van der Waals surface area contributed by atoms with Crippen LogP contribution in [0.1, 0.15) is 28.1 Å². The van der Waals surface area contributed by atoms with Crippen LogP contribution >= 0.6 is 15.9 Å². The zero-order chi connectivity index (χ0) is 23.2. The van der Waals surface area contributed by atoms with Crippen molar-refractivity contribution in [2.45, 2.75) is 27.7 Å². The number of urea groups is 1. The lowest BCUT2D eigenvalue weighted by Gasteiger charge is -2.26. The molecule has 0 saturated carbocycles. The Labute approximate surface area is 193 Å². The molecule has 32 heavy (non-hydrogen) atoms. The van der Waals surface area contributed by atoms with Gasteiger partial charge in [0.1, 0.15) is 5.57 Å². The van der Waals surface area contributed by atoms with Crippen molar-refractivity contribution in [2.75, 3.05) is 4.90 Å². The van der Waals surface area contributed by atoms with E-state index >= 15 is 0 Å². The highest BCUT2D eigenvalue weighted by Gasteiger charge is 2.37. The van der Waals surface area contributed by atoms with E-state index < -0.39 is 17.8 Å². The number of benzene rings is 2. The summed E-state index contributed by atoms with van der Waals surface area (Å²) in [6.07, 6.45) is 1.51. The second-order valence-corrected chi connectivity index (χ2v) is 8.64. The molecule has 1 saturated heterocycles. The van der Waals surface area contributed by atoms with Crippen molar-refractivity contribution in [1.82, 2.24) is 15.1 Å². The van der Waals surface area contributed by atoms with Crippen LogP contribution in [-0.2, 0) is 9.59 Å². The minimum atomic E-state index is -0.779. The molecular weight excluding hydrogens is 472 g/mol. The van der Waals surface area contributed by atoms with Gasteiger partial charge in [0, 0.05) is 15.7 Å². The van der Waals surface area contributed by atoms with E-state index in [0.29, 0.717) is 16.9 Å². The quantitative estimate of drug-likeness (QED) is 0.429. The molecule has 0 aliphatic carbocycles. The number of hydrogen-bond donors (Lipinski definition) is 1. The predicted octanol–water partition coefficient (Wildman–Crippen LogP) is 4.53. The molecule has 4 amide bonds. The van der Waals surface area contributed by atoms with Crippen LogP contribution in [0.25, 0.3) is 11.8 Å². The van der Waals surface area contributed by atoms with E-state index in [2.05, 4.69) is 32.4 Å². The minimum Gasteiger partial charge on any atom is -0.273 e. The standard InChI is InChI=1S/C24H21BrN4O3/c1-13-5-10-21(14(2)11-13)29-16(4)19(15(3)27-29)12-20-22(30)26-24(32)28(23(20)31)18-8-6-17(25)7-9-18/h5-12H,1-4H3,(H,26,30,32)/b20-12+. The molecule has 2 aromatic carbocycles. The maximum Gasteiger partial charge on any atom is 0.335 e. The summed E-state index contributed by atoms with van der Waals surface area (Å²) >= 11 is 3.33. The van der Waals surface area contributed by atoms with Gasteiger partial charge in [-0.1, -0.05) is 33.6 Å². The van der Waals surface area contributed by atoms with Gasteiger partial charge in [0.25, 0.3) is 11.8 Å². The molecule has 2 heterocycles. The van der Waals surface area contributed by atoms with Gasteiger partial charge in [-0.05, 0) is 69.7 Å². The van der Waals surface area contributed by atoms with E-state index in [1.54, 1.807) is 28.9 Å². The first kappa shape index (κ1) is 21.7. The van der Waals surface area contributed by atoms with Crippen molar-refractivity contribution < 1.29 is 14.4 Å². The molecule has 1 N–H and O–H groups in total. The van der Waals surface area contributed by atoms with Gasteiger partial charge in [-0.15, -0.1) is 0 Å². The number of imide groups is 2. The lowest BCUT2D eigenvalue weighted by molar-refractivity contribution is -0.122. The summed E-state index contributed by atoms with van der Waals surface area (Å²) in [4.78, 5) is 39.1. The predicted molar refractivity (Wildman–Crippen MR) is 126 cm³/mol. The fourth-order valence-electron chi connectivity index (χ4n) is 3.77. The molecule has 3 aromatic rings. The van der Waals surface area contributed by atoms with Crippen LogP contribution in [0.3, 0.4) is 0 Å². The molecule has 0 atom stereocenters. The average Bonchev–Trinajstić information content (AvgIpc) is 3.00. The molecule has 4 rings (SSSR count). The molecule has 162 valence electrons. The lowest BCUT2D eigenvalue weighted by atomic mass is 10.1. The van der Waals surface area contributed by atoms with E-state index in [-0.39, 0.29) is 5.57 Å². The fraction of sp³-hybridized carbons (Fsp3) is 0.167. The van der Waals surface area contributed by atoms with E-state index in [0.717, 1.165) is 31.9 Å². The van der Waals surface area contributed by atoms with Crippen molar-refractivity contribution >= 4 is 45.5 Å². The van der Waals surface area contributed by atoms with Crippen LogP contribution in [0.4, 0.5) is 10.5 Å². The van der Waals surface area contributed by atoms with Gasteiger partial charge in [-0.2, -0.15) is 5.10 Å². The molecule has 0 unspecified atom stereocenters. The largest absolute Gasteiger partial charge is 0.335 e. The van der Waals surface area contributed by atoms with Gasteiger partial charge in [-0.3, -0.25) is 14.9 Å². The molecule has 1 fully saturated rings. The molecule has 0 radical (unpaired) electrons. The molecule has 1 aliphatic heterocycles. The SMILES string of the molecule is Cc1ccc(-n2nc(C)c(/C=C3\C(=O)NC(=O)N(c4ccc(Br)cc4)C3=O)c2C)c(C)c1. The number of aromatic nitrogens is 2. The Morgan fingerprint density at radius 1 is 0.969 bits per heavy atom. The molecule has 1 aromatic heterocycles. The summed E-state index contributed by atoms with van der Waals surface area (Å²) in [6, 6.07) is 12.0. The molecule has 8 heteroatoms. The second kappa shape index (κ2) is 8.20. The zero-order valence-electron chi connectivity index (χ0n) is 18.1. The van der Waals surface area contributed by atoms with Gasteiger partial charge < -0.3 is 0 Å². The van der Waals surface area contributed by atoms with Gasteiger partial charge in [0.2, 0.25) is 0 Å². The molecule has 0 spiro atoms. The first-order valence-electron chi connectivity index (χ1n) is 9.98. The number of amides is 4. The van der Waals surface area contributed by atoms with Crippen molar-refractivity contribution in [3.05, 3.63) is 80.6 Å². The van der Waals surface area contributed by atoms with Crippen LogP contribution in [-0.4, -0.2) is 27.6 Å². The van der Waals surface area contributed by atoms with Gasteiger partial charge in [-0.25, -0.2) is 14.4 Å². The van der Waals surface area contributed by atoms with E-state index in [4.69, 9.17) is 0 Å². The highest BCUT2D eigenvalue weighted by Crippen LogP contribution is 2.27. The summed E-state index contributed by atoms with van der Waals surface area (Å²) in [5, 5.41) is 6.89. The Kier molecular flexibility index (Phi) is 5.56. The first-order chi connectivity index (χ1) is 15.2. The Bertz CT molecular complexity index is 1310. The molecule has 0 bridgehead atoms. The highest BCUT2D eigenvalue weighted by atomic mass is 79.9. The summed E-state index contributed by atoms with van der Waals surface area (Å²) in [6.45, 7) is 7.74. The van der Waals surface area contributed by atoms with Crippen LogP contribution in [0, 0.1) is 27.7 Å². The summed E-state index contributed by atoms with van der Waals surface area (Å²) in [5.41, 5.74) is 5.50. The third-order valence-electron chi connectivity index (χ3n) is 5.40. The van der Waals surface area contributed by atoms with Crippen molar-refractivity contribution in [1.29, 1.82) is 0 Å². The topological polar surface area (TPSA) is 84.3 Å². The van der Waals surface area contributed by atoms with Crippen molar-refractivity contribution in [3.63, 3.8) is 0 Å². The van der Waals surface area contributed by atoms with Gasteiger partial charge in [0.05, 0.1) is 17.1 Å². The number of anilines is 1. The number of carbonyl (C=O) groups is 3. The number of hydrogen-bond acceptors (Lipinski definition) is 4. The van der Waals surface area contributed by atoms with Crippen LogP contribution in [0.5, 0.6) is 0 Å². The lowest BCUT2D eigenvalue weighted by Crippen LogP contribution is -2.54. The maximum atomic E-state index is 13.2. The smallest absolute Gasteiger partial charge is 0.273 e. The fourth-order valence-corrected chi connectivity index (χ4v) is 4.03. The number of aryl methyl sites for hydroxylation is 3. The van der Waals surface area contributed by atoms with Crippen LogP contribution in [0.15, 0.2) is 52.5 Å². The van der Waals surface area contributed by atoms with E-state index in [9.17, 15) is 14.4 Å². The van der Waals surface area contributed by atoms with Crippen molar-refractivity contribution in [2.24, 2.45) is 0 Å². The van der Waals surface area contributed by atoms with E-state index in [1.165, 1.54) is 6.08 Å². The van der Waals surface area contributed by atoms with Crippen molar-refractivity contribution in [3.8, 4) is 5.69 Å². The van der Waals surface area contributed by atoms with Crippen LogP contribution in [0.2, 0.25) is 0 Å². The number of carbonyl (C=O) groups excluding carboxylic acids is 3. The number of barbiturate groups is 1. The monoisotopic (exact) mass is 492 g/mol. The Morgan fingerprint density at radius 3 is 2.31 bits per heavy atom. The first-order valence-corrected chi connectivity index (χ1v) is 10.8. The van der Waals surface area contributed by atoms with Gasteiger partial charge >= 0.3 is 6.03 Å². The summed E-state index contributed by atoms with van der Waals surface area (Å²) < 4.78 is 2.61. The Morgan fingerprint density at radius 2 is 1.66 bits per heavy atom. The Hall–Kier alpha value is -3.52. The third-order valence-corrected chi connectivity index (χ3v) is 5.93. The van der Waals surface area contributed by atoms with Gasteiger partial charge in [0.15, 0.2) is 0 Å². The number of rotatable bonds is 3. The number of nitrogens with one attached hydrogen (secondary N) is 1. The Balaban J connectivity index is 1.78. The number of nitrogens with zero attached hydrogens (tertiary/aromatic N) is 3. The van der Waals surface area contributed by atoms with E-state index in [1.807, 2.05) is 39.8 Å². The minimum absolute atomic E-state index is 0.126. The summed E-state index contributed by atoms with van der Waals surface area (Å²) in [5.74, 6) is -1.41. The molecular formula is C24H21BrN4O3. The zero-order valence-corrected chi connectivity index (χ0v) is 19.6. The maximum absolute atomic E-state index is 13.2.